The minimum atomic E-state index is -1.56. The lowest BCUT2D eigenvalue weighted by Gasteiger charge is -2.23. The topological polar surface area (TPSA) is 280 Å². The smallest absolute Gasteiger partial charge is 0.326 e. The Morgan fingerprint density at radius 3 is 1.62 bits per heavy atom. The van der Waals surface area contributed by atoms with Crippen LogP contribution in [-0.2, 0) is 33.6 Å². The molecule has 0 heterocycles. The number of nitrogens with two attached hydrogens (primary N) is 4. The maximum absolute atomic E-state index is 12.5. The van der Waals surface area contributed by atoms with Crippen LogP contribution in [0.15, 0.2) is 0 Å². The van der Waals surface area contributed by atoms with Crippen LogP contribution in [-0.4, -0.2) is 76.4 Å². The highest BCUT2D eigenvalue weighted by Crippen LogP contribution is 2.01. The fraction of sp³-hybridized carbons (Fsp3) is 0.562. The standard InChI is InChI=1S/C16H27N7O8S/c17-6(3-11(19)25)13(27)22-8(4-12(20)26)14(28)23-9(5-32)15(29)21-7(16(30)31)1-2-10(18)24/h6-9,32H,1-5,17H2,(H2,18,24)(H2,19,25)(H2,20,26)(H,21,29)(H,22,27)(H,23,28)(H,30,31). The van der Waals surface area contributed by atoms with Gasteiger partial charge in [-0.3, -0.25) is 28.8 Å². The van der Waals surface area contributed by atoms with E-state index in [0.717, 1.165) is 0 Å². The van der Waals surface area contributed by atoms with E-state index in [1.807, 2.05) is 0 Å². The molecular formula is C16H27N7O8S. The van der Waals surface area contributed by atoms with Crippen molar-refractivity contribution in [2.45, 2.75) is 49.9 Å². The number of hydrogen-bond acceptors (Lipinski definition) is 9. The summed E-state index contributed by atoms with van der Waals surface area (Å²) in [4.78, 5) is 81.2. The number of carboxylic acids is 1. The first-order valence-electron chi connectivity index (χ1n) is 9.13. The average Bonchev–Trinajstić information content (AvgIpc) is 2.66. The van der Waals surface area contributed by atoms with E-state index in [2.05, 4.69) is 28.6 Å². The van der Waals surface area contributed by atoms with Crippen molar-refractivity contribution in [3.05, 3.63) is 0 Å². The first-order chi connectivity index (χ1) is 14.8. The molecule has 0 aliphatic heterocycles. The van der Waals surface area contributed by atoms with Crippen molar-refractivity contribution >= 4 is 54.0 Å². The lowest BCUT2D eigenvalue weighted by molar-refractivity contribution is -0.142. The molecule has 0 spiro atoms. The average molecular weight is 478 g/mol. The van der Waals surface area contributed by atoms with Gasteiger partial charge in [-0.05, 0) is 6.42 Å². The predicted octanol–water partition coefficient (Wildman–Crippen LogP) is -5.20. The van der Waals surface area contributed by atoms with Crippen LogP contribution in [0.4, 0.5) is 0 Å². The zero-order valence-corrected chi connectivity index (χ0v) is 17.8. The number of amides is 6. The summed E-state index contributed by atoms with van der Waals surface area (Å²) in [6.45, 7) is 0. The molecular weight excluding hydrogens is 450 g/mol. The van der Waals surface area contributed by atoms with E-state index in [9.17, 15) is 33.6 Å². The van der Waals surface area contributed by atoms with Crippen LogP contribution >= 0.6 is 12.6 Å². The summed E-state index contributed by atoms with van der Waals surface area (Å²) in [6.07, 6.45) is -1.80. The number of carbonyl (C=O) groups is 7. The van der Waals surface area contributed by atoms with Gasteiger partial charge in [-0.2, -0.15) is 12.6 Å². The largest absolute Gasteiger partial charge is 0.480 e. The fourth-order valence-electron chi connectivity index (χ4n) is 2.28. The summed E-state index contributed by atoms with van der Waals surface area (Å²) in [5, 5.41) is 15.6. The molecule has 0 bridgehead atoms. The number of hydrogen-bond donors (Lipinski definition) is 9. The zero-order chi connectivity index (χ0) is 25.0. The third kappa shape index (κ3) is 11.1. The zero-order valence-electron chi connectivity index (χ0n) is 16.9. The SMILES string of the molecule is NC(=O)CCC(NC(=O)C(CS)NC(=O)C(CC(N)=O)NC(=O)C(N)CC(N)=O)C(=O)O. The predicted molar refractivity (Wildman–Crippen MR) is 111 cm³/mol. The van der Waals surface area contributed by atoms with Gasteiger partial charge in [0.25, 0.3) is 0 Å². The molecule has 16 heteroatoms. The van der Waals surface area contributed by atoms with Gasteiger partial charge in [-0.15, -0.1) is 0 Å². The van der Waals surface area contributed by atoms with Crippen LogP contribution < -0.4 is 38.9 Å². The summed E-state index contributed by atoms with van der Waals surface area (Å²) >= 11 is 3.92. The monoisotopic (exact) mass is 477 g/mol. The van der Waals surface area contributed by atoms with E-state index in [1.165, 1.54) is 0 Å². The Labute approximate surface area is 187 Å². The molecule has 32 heavy (non-hydrogen) atoms. The lowest BCUT2D eigenvalue weighted by Crippen LogP contribution is -2.58. The molecule has 15 nitrogen and oxygen atoms in total. The summed E-state index contributed by atoms with van der Waals surface area (Å²) < 4.78 is 0. The van der Waals surface area contributed by atoms with Gasteiger partial charge in [0.2, 0.25) is 35.4 Å². The van der Waals surface area contributed by atoms with E-state index < -0.39 is 78.4 Å². The molecule has 0 saturated heterocycles. The number of rotatable bonds is 15. The molecule has 6 amide bonds. The quantitative estimate of drug-likeness (QED) is 0.102. The van der Waals surface area contributed by atoms with Gasteiger partial charge in [-0.1, -0.05) is 0 Å². The van der Waals surface area contributed by atoms with Crippen LogP contribution in [0.1, 0.15) is 25.7 Å². The second kappa shape index (κ2) is 13.8. The van der Waals surface area contributed by atoms with Gasteiger partial charge >= 0.3 is 5.97 Å². The maximum atomic E-state index is 12.5. The number of carboxylic acid groups (broad SMARTS) is 1. The van der Waals surface area contributed by atoms with Crippen molar-refractivity contribution in [1.82, 2.24) is 16.0 Å². The van der Waals surface area contributed by atoms with E-state index in [1.54, 1.807) is 0 Å². The number of primary amides is 3. The van der Waals surface area contributed by atoms with Gasteiger partial charge in [0, 0.05) is 12.2 Å². The van der Waals surface area contributed by atoms with Crippen molar-refractivity contribution in [2.75, 3.05) is 5.75 Å². The fourth-order valence-corrected chi connectivity index (χ4v) is 2.54. The molecule has 0 rings (SSSR count). The summed E-state index contributed by atoms with van der Waals surface area (Å²) in [6, 6.07) is -5.81. The Hall–Kier alpha value is -3.40. The summed E-state index contributed by atoms with van der Waals surface area (Å²) in [7, 11) is 0. The Kier molecular flexibility index (Phi) is 12.3. The Morgan fingerprint density at radius 2 is 1.19 bits per heavy atom. The number of nitrogens with one attached hydrogen (secondary N) is 3. The van der Waals surface area contributed by atoms with Crippen molar-refractivity contribution < 1.29 is 38.7 Å². The summed E-state index contributed by atoms with van der Waals surface area (Å²) in [5.41, 5.74) is 20.5. The number of thiol groups is 1. The second-order valence-electron chi connectivity index (χ2n) is 6.66. The van der Waals surface area contributed by atoms with E-state index in [0.29, 0.717) is 0 Å². The van der Waals surface area contributed by atoms with Crippen LogP contribution in [0.25, 0.3) is 0 Å². The third-order valence-electron chi connectivity index (χ3n) is 3.91. The van der Waals surface area contributed by atoms with Crippen molar-refractivity contribution in [1.29, 1.82) is 0 Å². The first-order valence-corrected chi connectivity index (χ1v) is 9.76. The molecule has 180 valence electrons. The van der Waals surface area contributed by atoms with Crippen molar-refractivity contribution in [3.8, 4) is 0 Å². The van der Waals surface area contributed by atoms with E-state index >= 15 is 0 Å². The lowest BCUT2D eigenvalue weighted by atomic mass is 10.1. The molecule has 0 radical (unpaired) electrons. The highest BCUT2D eigenvalue weighted by molar-refractivity contribution is 7.80. The molecule has 0 saturated carbocycles. The highest BCUT2D eigenvalue weighted by atomic mass is 32.1. The highest BCUT2D eigenvalue weighted by Gasteiger charge is 2.30. The van der Waals surface area contributed by atoms with Gasteiger partial charge in [0.05, 0.1) is 18.9 Å². The Morgan fingerprint density at radius 1 is 0.719 bits per heavy atom. The molecule has 0 fully saturated rings. The molecule has 0 aliphatic carbocycles. The molecule has 4 atom stereocenters. The maximum Gasteiger partial charge on any atom is 0.326 e. The van der Waals surface area contributed by atoms with Crippen LogP contribution in [0.5, 0.6) is 0 Å². The van der Waals surface area contributed by atoms with Crippen molar-refractivity contribution in [2.24, 2.45) is 22.9 Å². The van der Waals surface area contributed by atoms with Gasteiger partial charge in [0.1, 0.15) is 18.1 Å². The van der Waals surface area contributed by atoms with Gasteiger partial charge in [-0.25, -0.2) is 4.79 Å². The normalized spacial score (nSPS) is 14.2. The minimum absolute atomic E-state index is 0.290. The van der Waals surface area contributed by atoms with Crippen LogP contribution in [0, 0.1) is 0 Å². The minimum Gasteiger partial charge on any atom is -0.480 e. The third-order valence-corrected chi connectivity index (χ3v) is 4.27. The number of aliphatic carboxylic acids is 1. The van der Waals surface area contributed by atoms with Crippen molar-refractivity contribution in [3.63, 3.8) is 0 Å². The van der Waals surface area contributed by atoms with E-state index in [4.69, 9.17) is 28.0 Å². The molecule has 0 aromatic carbocycles. The first kappa shape index (κ1) is 28.6. The van der Waals surface area contributed by atoms with Gasteiger partial charge < -0.3 is 44.0 Å². The molecule has 12 N–H and O–H groups in total. The number of carbonyl (C=O) groups excluding carboxylic acids is 6. The molecule has 0 aromatic heterocycles. The van der Waals surface area contributed by atoms with Crippen LogP contribution in [0.2, 0.25) is 0 Å². The molecule has 0 aromatic rings. The second-order valence-corrected chi connectivity index (χ2v) is 7.02. The Bertz CT molecular complexity index is 763. The molecule has 4 unspecified atom stereocenters. The van der Waals surface area contributed by atoms with Crippen LogP contribution in [0.3, 0.4) is 0 Å². The summed E-state index contributed by atoms with van der Waals surface area (Å²) in [5.74, 6) is -7.32. The van der Waals surface area contributed by atoms with Gasteiger partial charge in [0.15, 0.2) is 0 Å². The Balaban J connectivity index is 5.27. The van der Waals surface area contributed by atoms with E-state index in [-0.39, 0.29) is 18.6 Å². The molecule has 0 aliphatic rings.